The first-order valence-corrected chi connectivity index (χ1v) is 8.40. The highest BCUT2D eigenvalue weighted by molar-refractivity contribution is 5.93. The number of methoxy groups -OCH3 is 1. The lowest BCUT2D eigenvalue weighted by molar-refractivity contribution is -0.141. The van der Waals surface area contributed by atoms with E-state index in [4.69, 9.17) is 4.74 Å². The highest BCUT2D eigenvalue weighted by Crippen LogP contribution is 2.21. The molecule has 1 aromatic heterocycles. The molecule has 140 valence electrons. The molecule has 0 fully saturated rings. The Hall–Kier alpha value is -2.83. The van der Waals surface area contributed by atoms with Crippen LogP contribution in [0, 0.1) is 5.92 Å². The third-order valence-electron chi connectivity index (χ3n) is 4.05. The van der Waals surface area contributed by atoms with Crippen LogP contribution < -0.4 is 10.1 Å². The number of aromatic nitrogens is 2. The highest BCUT2D eigenvalue weighted by atomic mass is 16.5. The number of hydrogen-bond acceptors (Lipinski definition) is 4. The summed E-state index contributed by atoms with van der Waals surface area (Å²) >= 11 is 0. The van der Waals surface area contributed by atoms with E-state index in [1.165, 1.54) is 6.20 Å². The normalized spacial score (nSPS) is 12.5. The molecule has 1 atom stereocenters. The molecule has 7 nitrogen and oxygen atoms in total. The minimum absolute atomic E-state index is 0.0207. The molecule has 0 radical (unpaired) electrons. The number of carboxylic acids is 1. The minimum Gasteiger partial charge on any atom is -0.496 e. The van der Waals surface area contributed by atoms with Crippen molar-refractivity contribution in [1.29, 1.82) is 0 Å². The Labute approximate surface area is 153 Å². The largest absolute Gasteiger partial charge is 0.496 e. The van der Waals surface area contributed by atoms with Gasteiger partial charge in [-0.2, -0.15) is 5.10 Å². The van der Waals surface area contributed by atoms with Gasteiger partial charge in [-0.1, -0.05) is 18.2 Å². The van der Waals surface area contributed by atoms with Gasteiger partial charge >= 0.3 is 5.97 Å². The SMILES string of the molecule is COc1ccccc1CC(CNC(=O)c1cnn(C(C)(C)C)c1)C(=O)O. The van der Waals surface area contributed by atoms with Crippen LogP contribution in [0.3, 0.4) is 0 Å². The number of nitrogens with zero attached hydrogens (tertiary/aromatic N) is 2. The molecule has 26 heavy (non-hydrogen) atoms. The van der Waals surface area contributed by atoms with Crippen molar-refractivity contribution in [2.45, 2.75) is 32.7 Å². The third kappa shape index (κ3) is 4.84. The third-order valence-corrected chi connectivity index (χ3v) is 4.05. The van der Waals surface area contributed by atoms with Gasteiger partial charge in [-0.05, 0) is 38.8 Å². The topological polar surface area (TPSA) is 93.5 Å². The van der Waals surface area contributed by atoms with Crippen molar-refractivity contribution >= 4 is 11.9 Å². The fourth-order valence-electron chi connectivity index (χ4n) is 2.51. The van der Waals surface area contributed by atoms with Crippen LogP contribution in [0.25, 0.3) is 0 Å². The van der Waals surface area contributed by atoms with Crippen LogP contribution >= 0.6 is 0 Å². The van der Waals surface area contributed by atoms with Crippen LogP contribution in [0.15, 0.2) is 36.7 Å². The molecule has 1 unspecified atom stereocenters. The van der Waals surface area contributed by atoms with Gasteiger partial charge in [0.05, 0.1) is 30.3 Å². The number of nitrogens with one attached hydrogen (secondary N) is 1. The lowest BCUT2D eigenvalue weighted by Crippen LogP contribution is -2.34. The Balaban J connectivity index is 2.03. The van der Waals surface area contributed by atoms with Gasteiger partial charge in [0.2, 0.25) is 0 Å². The van der Waals surface area contributed by atoms with E-state index in [0.717, 1.165) is 5.56 Å². The number of para-hydroxylation sites is 1. The molecule has 0 spiro atoms. The van der Waals surface area contributed by atoms with Gasteiger partial charge in [0.1, 0.15) is 5.75 Å². The maximum absolute atomic E-state index is 12.3. The summed E-state index contributed by atoms with van der Waals surface area (Å²) in [6, 6.07) is 7.26. The van der Waals surface area contributed by atoms with E-state index >= 15 is 0 Å². The van der Waals surface area contributed by atoms with Crippen LogP contribution in [0.1, 0.15) is 36.7 Å². The van der Waals surface area contributed by atoms with Crippen LogP contribution in [-0.4, -0.2) is 40.4 Å². The van der Waals surface area contributed by atoms with Gasteiger partial charge in [-0.15, -0.1) is 0 Å². The molecule has 0 saturated heterocycles. The average Bonchev–Trinajstić information content (AvgIpc) is 3.09. The Morgan fingerprint density at radius 1 is 1.31 bits per heavy atom. The first-order valence-electron chi connectivity index (χ1n) is 8.40. The Morgan fingerprint density at radius 2 is 2.00 bits per heavy atom. The van der Waals surface area contributed by atoms with E-state index in [2.05, 4.69) is 10.4 Å². The molecule has 2 N–H and O–H groups in total. The molecule has 2 rings (SSSR count). The summed E-state index contributed by atoms with van der Waals surface area (Å²) in [7, 11) is 1.54. The molecular weight excluding hydrogens is 334 g/mol. The van der Waals surface area contributed by atoms with E-state index in [0.29, 0.717) is 11.3 Å². The maximum atomic E-state index is 12.3. The summed E-state index contributed by atoms with van der Waals surface area (Å²) in [5, 5.41) is 16.4. The molecule has 1 heterocycles. The molecule has 1 amide bonds. The molecule has 1 aromatic carbocycles. The van der Waals surface area contributed by atoms with Gasteiger partial charge in [-0.3, -0.25) is 14.3 Å². The van der Waals surface area contributed by atoms with Crippen molar-refractivity contribution in [2.24, 2.45) is 5.92 Å². The summed E-state index contributed by atoms with van der Waals surface area (Å²) in [5.41, 5.74) is 0.963. The van der Waals surface area contributed by atoms with Crippen molar-refractivity contribution in [2.75, 3.05) is 13.7 Å². The van der Waals surface area contributed by atoms with Gasteiger partial charge in [-0.25, -0.2) is 0 Å². The number of carboxylic acid groups (broad SMARTS) is 1. The lowest BCUT2D eigenvalue weighted by atomic mass is 9.98. The second-order valence-electron chi connectivity index (χ2n) is 7.11. The minimum atomic E-state index is -0.971. The quantitative estimate of drug-likeness (QED) is 0.791. The fourth-order valence-corrected chi connectivity index (χ4v) is 2.51. The fraction of sp³-hybridized carbons (Fsp3) is 0.421. The Morgan fingerprint density at radius 3 is 2.58 bits per heavy atom. The molecule has 0 aliphatic rings. The summed E-state index contributed by atoms with van der Waals surface area (Å²) < 4.78 is 6.96. The van der Waals surface area contributed by atoms with Crippen LogP contribution in [0.2, 0.25) is 0 Å². The number of carbonyl (C=O) groups excluding carboxylic acids is 1. The van der Waals surface area contributed by atoms with E-state index < -0.39 is 11.9 Å². The van der Waals surface area contributed by atoms with E-state index in [1.54, 1.807) is 24.1 Å². The van der Waals surface area contributed by atoms with Crippen molar-refractivity contribution < 1.29 is 19.4 Å². The zero-order valence-electron chi connectivity index (χ0n) is 15.5. The van der Waals surface area contributed by atoms with E-state index in [9.17, 15) is 14.7 Å². The van der Waals surface area contributed by atoms with Gasteiger partial charge in [0.15, 0.2) is 0 Å². The first kappa shape index (κ1) is 19.5. The summed E-state index contributed by atoms with van der Waals surface area (Å²) in [6.07, 6.45) is 3.41. The molecule has 0 aliphatic carbocycles. The van der Waals surface area contributed by atoms with Crippen LogP contribution in [-0.2, 0) is 16.8 Å². The number of aliphatic carboxylic acids is 1. The van der Waals surface area contributed by atoms with Crippen molar-refractivity contribution in [3.05, 3.63) is 47.8 Å². The van der Waals surface area contributed by atoms with Crippen molar-refractivity contribution in [3.8, 4) is 5.75 Å². The van der Waals surface area contributed by atoms with E-state index in [1.807, 2.05) is 39.0 Å². The highest BCUT2D eigenvalue weighted by Gasteiger charge is 2.22. The second-order valence-corrected chi connectivity index (χ2v) is 7.11. The maximum Gasteiger partial charge on any atom is 0.308 e. The Bertz CT molecular complexity index is 777. The molecule has 0 saturated carbocycles. The molecular formula is C19H25N3O4. The smallest absolute Gasteiger partial charge is 0.308 e. The first-order chi connectivity index (χ1) is 12.2. The van der Waals surface area contributed by atoms with Gasteiger partial charge < -0.3 is 15.2 Å². The van der Waals surface area contributed by atoms with Crippen molar-refractivity contribution in [3.63, 3.8) is 0 Å². The predicted molar refractivity (Wildman–Crippen MR) is 97.4 cm³/mol. The number of carbonyl (C=O) groups is 2. The summed E-state index contributed by atoms with van der Waals surface area (Å²) in [4.78, 5) is 23.9. The number of rotatable bonds is 7. The Kier molecular flexibility index (Phi) is 6.02. The van der Waals surface area contributed by atoms with Gasteiger partial charge in [0, 0.05) is 12.7 Å². The predicted octanol–water partition coefficient (Wildman–Crippen LogP) is 2.32. The van der Waals surface area contributed by atoms with E-state index in [-0.39, 0.29) is 24.4 Å². The monoisotopic (exact) mass is 359 g/mol. The molecule has 0 aliphatic heterocycles. The molecule has 0 bridgehead atoms. The summed E-state index contributed by atoms with van der Waals surface area (Å²) in [5.74, 6) is -1.43. The standard InChI is InChI=1S/C19H25N3O4/c1-19(2,3)22-12-15(11-21-22)17(23)20-10-14(18(24)25)9-13-7-5-6-8-16(13)26-4/h5-8,11-12,14H,9-10H2,1-4H3,(H,20,23)(H,24,25). The number of hydrogen-bond donors (Lipinski definition) is 2. The number of benzene rings is 1. The molecule has 2 aromatic rings. The number of amides is 1. The average molecular weight is 359 g/mol. The van der Waals surface area contributed by atoms with Crippen LogP contribution in [0.4, 0.5) is 0 Å². The van der Waals surface area contributed by atoms with Crippen LogP contribution in [0.5, 0.6) is 5.75 Å². The number of ether oxygens (including phenoxy) is 1. The van der Waals surface area contributed by atoms with Crippen molar-refractivity contribution in [1.82, 2.24) is 15.1 Å². The summed E-state index contributed by atoms with van der Waals surface area (Å²) in [6.45, 7) is 5.97. The second kappa shape index (κ2) is 8.03. The zero-order valence-corrected chi connectivity index (χ0v) is 15.5. The zero-order chi connectivity index (χ0) is 19.3. The lowest BCUT2D eigenvalue weighted by Gasteiger charge is -2.18. The molecule has 7 heteroatoms. The van der Waals surface area contributed by atoms with Gasteiger partial charge in [0.25, 0.3) is 5.91 Å².